The van der Waals surface area contributed by atoms with Gasteiger partial charge in [-0.05, 0) is 18.2 Å². The molecule has 1 aromatic heterocycles. The maximum absolute atomic E-state index is 12.5. The van der Waals surface area contributed by atoms with Crippen molar-refractivity contribution in [1.29, 1.82) is 0 Å². The van der Waals surface area contributed by atoms with Crippen LogP contribution < -0.4 is 10.9 Å². The van der Waals surface area contributed by atoms with Crippen LogP contribution in [0.25, 0.3) is 0 Å². The van der Waals surface area contributed by atoms with Crippen LogP contribution in [0.3, 0.4) is 0 Å². The molecule has 0 saturated carbocycles. The highest BCUT2D eigenvalue weighted by atomic mass is 35.5. The maximum Gasteiger partial charge on any atom is 0.417 e. The zero-order valence-corrected chi connectivity index (χ0v) is 15.2. The molecule has 2 N–H and O–H groups in total. The molecule has 13 heteroatoms. The summed E-state index contributed by atoms with van der Waals surface area (Å²) in [6.45, 7) is 0. The van der Waals surface area contributed by atoms with E-state index in [-0.39, 0.29) is 27.1 Å². The molecule has 0 atom stereocenters. The topological polar surface area (TPSA) is 114 Å². The minimum atomic E-state index is -4.58. The number of benzene rings is 1. The summed E-state index contributed by atoms with van der Waals surface area (Å²) in [6.07, 6.45) is -3.98. The fourth-order valence-corrected chi connectivity index (χ4v) is 2.78. The normalized spacial score (nSPS) is 11.0. The maximum atomic E-state index is 12.5. The lowest BCUT2D eigenvalue weighted by Gasteiger charge is -2.09. The highest BCUT2D eigenvalue weighted by Crippen LogP contribution is 2.33. The van der Waals surface area contributed by atoms with Gasteiger partial charge in [0.2, 0.25) is 5.91 Å². The van der Waals surface area contributed by atoms with Gasteiger partial charge in [0.25, 0.3) is 11.6 Å². The van der Waals surface area contributed by atoms with E-state index in [0.29, 0.717) is 12.3 Å². The Morgan fingerprint density at radius 1 is 1.21 bits per heavy atom. The minimum Gasteiger partial charge on any atom is -0.272 e. The smallest absolute Gasteiger partial charge is 0.272 e. The summed E-state index contributed by atoms with van der Waals surface area (Å²) in [4.78, 5) is 37.1. The summed E-state index contributed by atoms with van der Waals surface area (Å²) in [7, 11) is 0. The van der Waals surface area contributed by atoms with Crippen molar-refractivity contribution in [2.45, 2.75) is 11.2 Å². The number of aromatic nitrogens is 1. The number of rotatable bonds is 5. The number of nitrogens with zero attached hydrogens (tertiary/aromatic N) is 2. The largest absolute Gasteiger partial charge is 0.417 e. The van der Waals surface area contributed by atoms with Gasteiger partial charge in [-0.3, -0.25) is 30.6 Å². The van der Waals surface area contributed by atoms with Crippen LogP contribution in [0.1, 0.15) is 15.9 Å². The quantitative estimate of drug-likeness (QED) is 0.424. The Morgan fingerprint density at radius 2 is 1.86 bits per heavy atom. The fourth-order valence-electron chi connectivity index (χ4n) is 1.79. The van der Waals surface area contributed by atoms with Crippen molar-refractivity contribution >= 4 is 40.9 Å². The predicted molar refractivity (Wildman–Crippen MR) is 93.7 cm³/mol. The third kappa shape index (κ3) is 5.82. The van der Waals surface area contributed by atoms with Crippen LogP contribution in [0.4, 0.5) is 18.9 Å². The van der Waals surface area contributed by atoms with Crippen LogP contribution in [-0.4, -0.2) is 27.5 Å². The summed E-state index contributed by atoms with van der Waals surface area (Å²) >= 11 is 6.51. The molecule has 0 fully saturated rings. The van der Waals surface area contributed by atoms with Crippen LogP contribution in [0.2, 0.25) is 5.02 Å². The number of carbonyl (C=O) groups is 2. The van der Waals surface area contributed by atoms with E-state index in [1.165, 1.54) is 12.1 Å². The molecule has 8 nitrogen and oxygen atoms in total. The van der Waals surface area contributed by atoms with E-state index >= 15 is 0 Å². The number of halogens is 4. The van der Waals surface area contributed by atoms with Gasteiger partial charge in [-0.2, -0.15) is 13.2 Å². The number of non-ortho nitro benzene ring substituents is 1. The lowest BCUT2D eigenvalue weighted by molar-refractivity contribution is -0.384. The molecule has 2 rings (SSSR count). The molecule has 28 heavy (non-hydrogen) atoms. The van der Waals surface area contributed by atoms with Gasteiger partial charge in [0.1, 0.15) is 5.03 Å². The molecule has 0 aliphatic rings. The molecule has 0 spiro atoms. The van der Waals surface area contributed by atoms with Crippen molar-refractivity contribution in [2.24, 2.45) is 0 Å². The molecule has 0 unspecified atom stereocenters. The first-order valence-electron chi connectivity index (χ1n) is 7.27. The van der Waals surface area contributed by atoms with E-state index in [1.807, 2.05) is 0 Å². The number of hydrazine groups is 1. The molecule has 1 aromatic carbocycles. The Kier molecular flexibility index (Phi) is 6.80. The van der Waals surface area contributed by atoms with Crippen molar-refractivity contribution < 1.29 is 27.7 Å². The van der Waals surface area contributed by atoms with Crippen LogP contribution in [0.15, 0.2) is 41.6 Å². The van der Waals surface area contributed by atoms with Gasteiger partial charge in [-0.15, -0.1) is 0 Å². The monoisotopic (exact) mass is 434 g/mol. The third-order valence-corrected chi connectivity index (χ3v) is 4.54. The van der Waals surface area contributed by atoms with E-state index in [4.69, 9.17) is 11.6 Å². The number of alkyl halides is 3. The average Bonchev–Trinajstić information content (AvgIpc) is 2.64. The summed E-state index contributed by atoms with van der Waals surface area (Å²) in [5.41, 5.74) is 3.07. The number of amides is 2. The number of nitrogens with one attached hydrogen (secondary N) is 2. The molecule has 0 saturated heterocycles. The lowest BCUT2D eigenvalue weighted by Crippen LogP contribution is -2.42. The van der Waals surface area contributed by atoms with E-state index in [9.17, 15) is 32.9 Å². The Balaban J connectivity index is 1.86. The number of thioether (sulfide) groups is 1. The molecular formula is C15H10ClF3N4O4S. The predicted octanol–water partition coefficient (Wildman–Crippen LogP) is 3.22. The second kappa shape index (κ2) is 8.89. The van der Waals surface area contributed by atoms with Crippen LogP contribution in [-0.2, 0) is 11.0 Å². The number of nitro groups is 1. The van der Waals surface area contributed by atoms with Crippen LogP contribution >= 0.6 is 23.4 Å². The Labute approximate surface area is 164 Å². The van der Waals surface area contributed by atoms with Gasteiger partial charge in [-0.25, -0.2) is 4.98 Å². The second-order valence-corrected chi connectivity index (χ2v) is 6.47. The van der Waals surface area contributed by atoms with E-state index in [1.54, 1.807) is 0 Å². The standard InChI is InChI=1S/C15H10ClF3N4O4S/c16-11-5-9(15(17,18)19)6-20-14(11)28-7-12(24)21-22-13(25)8-1-3-10(4-2-8)23(26)27/h1-6H,7H2,(H,21,24)(H,22,25). The molecule has 0 aliphatic carbocycles. The zero-order chi connectivity index (χ0) is 20.9. The summed E-state index contributed by atoms with van der Waals surface area (Å²) < 4.78 is 37.6. The number of hydrogen-bond acceptors (Lipinski definition) is 6. The number of hydrogen-bond donors (Lipinski definition) is 2. The number of nitro benzene ring substituents is 1. The first-order valence-corrected chi connectivity index (χ1v) is 8.63. The molecular weight excluding hydrogens is 425 g/mol. The van der Waals surface area contributed by atoms with Gasteiger partial charge in [0.05, 0.1) is 21.3 Å². The van der Waals surface area contributed by atoms with E-state index < -0.39 is 28.5 Å². The van der Waals surface area contributed by atoms with Crippen LogP contribution in [0.5, 0.6) is 0 Å². The van der Waals surface area contributed by atoms with Crippen LogP contribution in [0, 0.1) is 10.1 Å². The number of pyridine rings is 1. The van der Waals surface area contributed by atoms with E-state index in [0.717, 1.165) is 23.9 Å². The third-order valence-electron chi connectivity index (χ3n) is 3.13. The van der Waals surface area contributed by atoms with Gasteiger partial charge in [-0.1, -0.05) is 23.4 Å². The molecule has 148 valence electrons. The second-order valence-electron chi connectivity index (χ2n) is 5.10. The lowest BCUT2D eigenvalue weighted by atomic mass is 10.2. The first kappa shape index (κ1) is 21.4. The van der Waals surface area contributed by atoms with Crippen molar-refractivity contribution in [1.82, 2.24) is 15.8 Å². The molecule has 0 bridgehead atoms. The van der Waals surface area contributed by atoms with Crippen molar-refractivity contribution in [2.75, 3.05) is 5.75 Å². The van der Waals surface area contributed by atoms with Crippen molar-refractivity contribution in [3.8, 4) is 0 Å². The first-order chi connectivity index (χ1) is 13.1. The highest BCUT2D eigenvalue weighted by Gasteiger charge is 2.31. The highest BCUT2D eigenvalue weighted by molar-refractivity contribution is 8.00. The van der Waals surface area contributed by atoms with Gasteiger partial charge in [0, 0.05) is 23.9 Å². The average molecular weight is 435 g/mol. The molecule has 0 aliphatic heterocycles. The molecule has 1 heterocycles. The molecule has 0 radical (unpaired) electrons. The summed E-state index contributed by atoms with van der Waals surface area (Å²) in [5.74, 6) is -1.66. The fraction of sp³-hybridized carbons (Fsp3) is 0.133. The zero-order valence-electron chi connectivity index (χ0n) is 13.6. The SMILES string of the molecule is O=C(CSc1ncc(C(F)(F)F)cc1Cl)NNC(=O)c1ccc([N+](=O)[O-])cc1. The Bertz CT molecular complexity index is 909. The number of carbonyl (C=O) groups excluding carboxylic acids is 2. The van der Waals surface area contributed by atoms with Crippen molar-refractivity contribution in [3.63, 3.8) is 0 Å². The molecule has 2 amide bonds. The Morgan fingerprint density at radius 3 is 2.39 bits per heavy atom. The summed E-state index contributed by atoms with van der Waals surface area (Å²) in [6, 6.07) is 5.38. The van der Waals surface area contributed by atoms with Gasteiger partial charge >= 0.3 is 6.18 Å². The Hall–Kier alpha value is -2.86. The van der Waals surface area contributed by atoms with Crippen molar-refractivity contribution in [3.05, 3.63) is 62.8 Å². The van der Waals surface area contributed by atoms with Gasteiger partial charge in [0.15, 0.2) is 0 Å². The summed E-state index contributed by atoms with van der Waals surface area (Å²) in [5, 5.41) is 10.3. The molecule has 2 aromatic rings. The van der Waals surface area contributed by atoms with Gasteiger partial charge < -0.3 is 0 Å². The minimum absolute atomic E-state index is 0.0199. The van der Waals surface area contributed by atoms with E-state index in [2.05, 4.69) is 15.8 Å².